The highest BCUT2D eigenvalue weighted by Crippen LogP contribution is 2.20. The lowest BCUT2D eigenvalue weighted by molar-refractivity contribution is 0.0977. The van der Waals surface area contributed by atoms with Crippen LogP contribution in [0.25, 0.3) is 11.0 Å². The summed E-state index contributed by atoms with van der Waals surface area (Å²) in [5.41, 5.74) is 2.13. The summed E-state index contributed by atoms with van der Waals surface area (Å²) in [6.45, 7) is 0. The summed E-state index contributed by atoms with van der Waals surface area (Å²) in [7, 11) is 0. The van der Waals surface area contributed by atoms with Crippen LogP contribution in [0.3, 0.4) is 0 Å². The van der Waals surface area contributed by atoms with E-state index in [0.29, 0.717) is 16.8 Å². The summed E-state index contributed by atoms with van der Waals surface area (Å²) in [6.07, 6.45) is 4.50. The first-order valence-corrected chi connectivity index (χ1v) is 6.35. The van der Waals surface area contributed by atoms with Gasteiger partial charge in [-0.3, -0.25) is 14.8 Å². The number of benzene rings is 1. The van der Waals surface area contributed by atoms with E-state index in [4.69, 9.17) is 0 Å². The van der Waals surface area contributed by atoms with Crippen LogP contribution in [0.15, 0.2) is 55.0 Å². The molecule has 1 aromatic carbocycles. The van der Waals surface area contributed by atoms with Gasteiger partial charge in [0, 0.05) is 18.0 Å². The van der Waals surface area contributed by atoms with Crippen LogP contribution in [0.2, 0.25) is 0 Å². The second-order valence-electron chi connectivity index (χ2n) is 4.45. The molecule has 0 radical (unpaired) electrons. The molecule has 1 unspecified atom stereocenters. The number of hydrogen-bond donors (Lipinski definition) is 0. The van der Waals surface area contributed by atoms with Crippen molar-refractivity contribution in [3.8, 4) is 6.07 Å². The lowest BCUT2D eigenvalue weighted by atomic mass is 9.97. The van der Waals surface area contributed by atoms with Crippen LogP contribution in [0.4, 0.5) is 0 Å². The zero-order chi connectivity index (χ0) is 14.7. The number of carbonyl (C=O) groups is 1. The van der Waals surface area contributed by atoms with Crippen molar-refractivity contribution in [3.63, 3.8) is 0 Å². The van der Waals surface area contributed by atoms with Crippen LogP contribution in [0, 0.1) is 11.3 Å². The van der Waals surface area contributed by atoms with Crippen molar-refractivity contribution in [2.75, 3.05) is 0 Å². The lowest BCUT2D eigenvalue weighted by Gasteiger charge is -2.08. The van der Waals surface area contributed by atoms with E-state index in [1.54, 1.807) is 24.4 Å². The van der Waals surface area contributed by atoms with Crippen LogP contribution >= 0.6 is 0 Å². The average molecular weight is 274 g/mol. The van der Waals surface area contributed by atoms with Gasteiger partial charge < -0.3 is 0 Å². The molecule has 0 spiro atoms. The number of nitriles is 1. The number of aromatic nitrogens is 3. The van der Waals surface area contributed by atoms with E-state index >= 15 is 0 Å². The highest BCUT2D eigenvalue weighted by atomic mass is 16.1. The molecular weight excluding hydrogens is 264 g/mol. The molecule has 2 heterocycles. The Labute approximate surface area is 120 Å². The molecule has 0 saturated carbocycles. The van der Waals surface area contributed by atoms with E-state index in [1.807, 2.05) is 24.3 Å². The number of fused-ring (bicyclic) bond motifs is 1. The molecule has 5 nitrogen and oxygen atoms in total. The number of rotatable bonds is 3. The second-order valence-corrected chi connectivity index (χ2v) is 4.45. The molecule has 0 N–H and O–H groups in total. The number of hydrogen-bond acceptors (Lipinski definition) is 5. The van der Waals surface area contributed by atoms with Gasteiger partial charge in [0.15, 0.2) is 11.7 Å². The van der Waals surface area contributed by atoms with Gasteiger partial charge in [-0.1, -0.05) is 12.1 Å². The smallest absolute Gasteiger partial charge is 0.187 e. The molecule has 0 fully saturated rings. The highest BCUT2D eigenvalue weighted by Gasteiger charge is 2.23. The van der Waals surface area contributed by atoms with E-state index in [2.05, 4.69) is 15.0 Å². The van der Waals surface area contributed by atoms with Crippen LogP contribution in [0.5, 0.6) is 0 Å². The zero-order valence-electron chi connectivity index (χ0n) is 11.0. The van der Waals surface area contributed by atoms with Crippen molar-refractivity contribution >= 4 is 16.8 Å². The molecule has 2 aromatic heterocycles. The maximum Gasteiger partial charge on any atom is 0.187 e. The molecule has 0 saturated heterocycles. The van der Waals surface area contributed by atoms with Gasteiger partial charge in [0.2, 0.25) is 0 Å². The second kappa shape index (κ2) is 5.47. The van der Waals surface area contributed by atoms with Crippen molar-refractivity contribution in [2.45, 2.75) is 5.92 Å². The first-order valence-electron chi connectivity index (χ1n) is 6.35. The number of Topliss-reactive ketones (excluding diaryl/α,β-unsaturated/α-hetero) is 1. The Balaban J connectivity index is 2.02. The quantitative estimate of drug-likeness (QED) is 0.685. The van der Waals surface area contributed by atoms with Crippen LogP contribution in [0.1, 0.15) is 22.0 Å². The summed E-state index contributed by atoms with van der Waals surface area (Å²) in [5, 5.41) is 9.32. The third kappa shape index (κ3) is 2.47. The fourth-order valence-electron chi connectivity index (χ4n) is 2.04. The van der Waals surface area contributed by atoms with Crippen molar-refractivity contribution < 1.29 is 4.79 Å². The minimum atomic E-state index is -0.980. The summed E-state index contributed by atoms with van der Waals surface area (Å²) in [4.78, 5) is 24.9. The van der Waals surface area contributed by atoms with Gasteiger partial charge in [-0.2, -0.15) is 5.26 Å². The van der Waals surface area contributed by atoms with Gasteiger partial charge in [-0.15, -0.1) is 0 Å². The van der Waals surface area contributed by atoms with Gasteiger partial charge in [0.25, 0.3) is 0 Å². The normalized spacial score (nSPS) is 11.8. The van der Waals surface area contributed by atoms with Crippen molar-refractivity contribution in [3.05, 3.63) is 66.2 Å². The third-order valence-electron chi connectivity index (χ3n) is 3.10. The predicted octanol–water partition coefficient (Wildman–Crippen LogP) is 2.51. The summed E-state index contributed by atoms with van der Waals surface area (Å²) < 4.78 is 0. The van der Waals surface area contributed by atoms with E-state index < -0.39 is 5.92 Å². The molecule has 3 aromatic rings. The van der Waals surface area contributed by atoms with Crippen LogP contribution in [-0.2, 0) is 0 Å². The predicted molar refractivity (Wildman–Crippen MR) is 76.5 cm³/mol. The zero-order valence-corrected chi connectivity index (χ0v) is 11.0. The molecular formula is C16H10N4O. The Morgan fingerprint density at radius 3 is 2.62 bits per heavy atom. The number of nitrogens with zero attached hydrogens (tertiary/aromatic N) is 4. The largest absolute Gasteiger partial charge is 0.292 e. The third-order valence-corrected chi connectivity index (χ3v) is 3.10. The van der Waals surface area contributed by atoms with Crippen LogP contribution in [-0.4, -0.2) is 20.7 Å². The Hall–Kier alpha value is -3.13. The highest BCUT2D eigenvalue weighted by molar-refractivity contribution is 6.02. The SMILES string of the molecule is N#CC(C(=O)c1cccnc1)c1cnc2ccccc2n1. The Morgan fingerprint density at radius 1 is 1.10 bits per heavy atom. The van der Waals surface area contributed by atoms with Gasteiger partial charge >= 0.3 is 0 Å². The fraction of sp³-hybridized carbons (Fsp3) is 0.0625. The summed E-state index contributed by atoms with van der Waals surface area (Å²) >= 11 is 0. The molecule has 0 bridgehead atoms. The van der Waals surface area contributed by atoms with Crippen molar-refractivity contribution in [2.24, 2.45) is 0 Å². The maximum atomic E-state index is 12.4. The van der Waals surface area contributed by atoms with Crippen LogP contribution < -0.4 is 0 Å². The van der Waals surface area contributed by atoms with E-state index in [1.165, 1.54) is 12.4 Å². The number of para-hydroxylation sites is 2. The van der Waals surface area contributed by atoms with Gasteiger partial charge in [0.1, 0.15) is 0 Å². The summed E-state index contributed by atoms with van der Waals surface area (Å²) in [6, 6.07) is 12.6. The summed E-state index contributed by atoms with van der Waals surface area (Å²) in [5.74, 6) is -1.30. The number of pyridine rings is 1. The van der Waals surface area contributed by atoms with Crippen molar-refractivity contribution in [1.29, 1.82) is 5.26 Å². The lowest BCUT2D eigenvalue weighted by Crippen LogP contribution is -2.13. The van der Waals surface area contributed by atoms with E-state index in [0.717, 1.165) is 5.52 Å². The molecule has 0 aliphatic rings. The van der Waals surface area contributed by atoms with Gasteiger partial charge in [-0.25, -0.2) is 4.98 Å². The van der Waals surface area contributed by atoms with E-state index in [9.17, 15) is 10.1 Å². The number of carbonyl (C=O) groups excluding carboxylic acids is 1. The van der Waals surface area contributed by atoms with E-state index in [-0.39, 0.29) is 5.78 Å². The Kier molecular flexibility index (Phi) is 3.36. The van der Waals surface area contributed by atoms with Crippen molar-refractivity contribution in [1.82, 2.24) is 15.0 Å². The molecule has 21 heavy (non-hydrogen) atoms. The molecule has 0 aliphatic carbocycles. The molecule has 0 amide bonds. The van der Waals surface area contributed by atoms with Gasteiger partial charge in [-0.05, 0) is 24.3 Å². The topological polar surface area (TPSA) is 79.5 Å². The molecule has 3 rings (SSSR count). The Morgan fingerprint density at radius 2 is 1.90 bits per heavy atom. The minimum Gasteiger partial charge on any atom is -0.292 e. The first-order chi connectivity index (χ1) is 10.3. The van der Waals surface area contributed by atoms with Gasteiger partial charge in [0.05, 0.1) is 29.0 Å². The molecule has 1 atom stereocenters. The first kappa shape index (κ1) is 12.9. The number of ketones is 1. The molecule has 0 aliphatic heterocycles. The minimum absolute atomic E-state index is 0.324. The Bertz CT molecular complexity index is 840. The fourth-order valence-corrected chi connectivity index (χ4v) is 2.04. The maximum absolute atomic E-state index is 12.4. The molecule has 5 heteroatoms. The average Bonchev–Trinajstić information content (AvgIpc) is 2.56. The molecule has 100 valence electrons. The standard InChI is InChI=1S/C16H10N4O/c17-8-12(16(21)11-4-3-7-18-9-11)15-10-19-13-5-1-2-6-14(13)20-15/h1-7,9-10,12H. The monoisotopic (exact) mass is 274 g/mol.